The molecule has 0 spiro atoms. The Balaban J connectivity index is 1.85. The van der Waals surface area contributed by atoms with Crippen molar-refractivity contribution in [2.45, 2.75) is 25.8 Å². The molecule has 0 aliphatic carbocycles. The molecule has 0 bridgehead atoms. The highest BCUT2D eigenvalue weighted by molar-refractivity contribution is 6.35. The van der Waals surface area contributed by atoms with Crippen LogP contribution in [0.4, 0.5) is 11.6 Å². The fraction of sp³-hybridized carbons (Fsp3) is 0.200. The highest BCUT2D eigenvalue weighted by atomic mass is 35.5. The van der Waals surface area contributed by atoms with Crippen molar-refractivity contribution < 1.29 is 4.79 Å². The highest BCUT2D eigenvalue weighted by Crippen LogP contribution is 2.43. The van der Waals surface area contributed by atoms with E-state index in [9.17, 15) is 4.79 Å². The molecule has 2 aromatic carbocycles. The molecular weight excluding hydrogens is 369 g/mol. The smallest absolute Gasteiger partial charge is 0.260 e. The van der Waals surface area contributed by atoms with Crippen LogP contribution in [-0.4, -0.2) is 15.5 Å². The van der Waals surface area contributed by atoms with Crippen LogP contribution in [0.5, 0.6) is 0 Å². The summed E-state index contributed by atoms with van der Waals surface area (Å²) in [4.78, 5) is 19.6. The SMILES string of the molecule is Cc1cnc2n1C(C)(Cc1ccccc1)C(=O)N2c1cc(Cl)cc(Cl)c1. The van der Waals surface area contributed by atoms with Crippen LogP contribution in [0.3, 0.4) is 0 Å². The quantitative estimate of drug-likeness (QED) is 0.626. The standard InChI is InChI=1S/C20H17Cl2N3O/c1-13-12-23-19-24(17-9-15(21)8-16(22)10-17)18(26)20(2,25(13)19)11-14-6-4-3-5-7-14/h3-10,12H,11H2,1-2H3. The summed E-state index contributed by atoms with van der Waals surface area (Å²) < 4.78 is 2.00. The van der Waals surface area contributed by atoms with E-state index in [0.29, 0.717) is 28.1 Å². The highest BCUT2D eigenvalue weighted by Gasteiger charge is 2.49. The predicted octanol–water partition coefficient (Wildman–Crippen LogP) is 5.13. The number of rotatable bonds is 3. The van der Waals surface area contributed by atoms with E-state index >= 15 is 0 Å². The number of amides is 1. The van der Waals surface area contributed by atoms with E-state index < -0.39 is 5.54 Å². The third-order valence-electron chi connectivity index (χ3n) is 4.77. The number of fused-ring (bicyclic) bond motifs is 1. The van der Waals surface area contributed by atoms with Gasteiger partial charge in [-0.3, -0.25) is 9.36 Å². The molecule has 0 fully saturated rings. The van der Waals surface area contributed by atoms with Gasteiger partial charge in [0, 0.05) is 22.2 Å². The van der Waals surface area contributed by atoms with Crippen LogP contribution in [0, 0.1) is 6.92 Å². The number of nitrogens with zero attached hydrogens (tertiary/aromatic N) is 3. The van der Waals surface area contributed by atoms with Crippen LogP contribution in [0.2, 0.25) is 10.0 Å². The maximum Gasteiger partial charge on any atom is 0.260 e. The van der Waals surface area contributed by atoms with Crippen molar-refractivity contribution >= 4 is 40.7 Å². The molecule has 1 atom stereocenters. The first kappa shape index (κ1) is 17.1. The second kappa shape index (κ2) is 6.15. The molecule has 0 radical (unpaired) electrons. The largest absolute Gasteiger partial charge is 0.299 e. The number of imidazole rings is 1. The molecule has 4 nitrogen and oxygen atoms in total. The number of benzene rings is 2. The summed E-state index contributed by atoms with van der Waals surface area (Å²) in [5.74, 6) is 0.537. The lowest BCUT2D eigenvalue weighted by Gasteiger charge is -2.26. The van der Waals surface area contributed by atoms with Gasteiger partial charge in [-0.25, -0.2) is 9.88 Å². The summed E-state index contributed by atoms with van der Waals surface area (Å²) in [7, 11) is 0. The number of anilines is 2. The average Bonchev–Trinajstić information content (AvgIpc) is 3.06. The third kappa shape index (κ3) is 2.61. The molecule has 0 saturated heterocycles. The van der Waals surface area contributed by atoms with Crippen molar-refractivity contribution in [3.63, 3.8) is 0 Å². The Morgan fingerprint density at radius 1 is 1.08 bits per heavy atom. The molecule has 4 rings (SSSR count). The summed E-state index contributed by atoms with van der Waals surface area (Å²) in [6.45, 7) is 3.91. The lowest BCUT2D eigenvalue weighted by atomic mass is 9.91. The van der Waals surface area contributed by atoms with E-state index in [4.69, 9.17) is 23.2 Å². The summed E-state index contributed by atoms with van der Waals surface area (Å²) >= 11 is 12.3. The van der Waals surface area contributed by atoms with Gasteiger partial charge in [0.05, 0.1) is 11.9 Å². The molecule has 0 saturated carbocycles. The number of halogens is 2. The Bertz CT molecular complexity index is 979. The molecule has 3 aromatic rings. The Morgan fingerprint density at radius 2 is 1.73 bits per heavy atom. The van der Waals surface area contributed by atoms with Crippen molar-refractivity contribution in [2.75, 3.05) is 4.90 Å². The second-order valence-electron chi connectivity index (χ2n) is 6.74. The third-order valence-corrected chi connectivity index (χ3v) is 5.21. The minimum absolute atomic E-state index is 0.0501. The van der Waals surface area contributed by atoms with Crippen molar-refractivity contribution in [2.24, 2.45) is 0 Å². The number of carbonyl (C=O) groups excluding carboxylic acids is 1. The van der Waals surface area contributed by atoms with Crippen molar-refractivity contribution in [1.29, 1.82) is 0 Å². The number of hydrogen-bond donors (Lipinski definition) is 0. The van der Waals surface area contributed by atoms with Gasteiger partial charge in [-0.2, -0.15) is 0 Å². The molecule has 0 N–H and O–H groups in total. The number of carbonyl (C=O) groups is 1. The van der Waals surface area contributed by atoms with Gasteiger partial charge in [-0.15, -0.1) is 0 Å². The number of aromatic nitrogens is 2. The first-order chi connectivity index (χ1) is 12.4. The summed E-state index contributed by atoms with van der Waals surface area (Å²) in [6.07, 6.45) is 2.35. The first-order valence-electron chi connectivity index (χ1n) is 8.29. The molecule has 1 amide bonds. The zero-order valence-electron chi connectivity index (χ0n) is 14.4. The second-order valence-corrected chi connectivity index (χ2v) is 7.61. The van der Waals surface area contributed by atoms with Crippen LogP contribution in [0.25, 0.3) is 0 Å². The minimum Gasteiger partial charge on any atom is -0.299 e. The number of hydrogen-bond acceptors (Lipinski definition) is 2. The van der Waals surface area contributed by atoms with Crippen LogP contribution in [0.1, 0.15) is 18.2 Å². The van der Waals surface area contributed by atoms with Gasteiger partial charge < -0.3 is 0 Å². The van der Waals surface area contributed by atoms with Crippen molar-refractivity contribution in [3.8, 4) is 0 Å². The molecular formula is C20H17Cl2N3O. The maximum atomic E-state index is 13.5. The zero-order valence-corrected chi connectivity index (χ0v) is 15.9. The van der Waals surface area contributed by atoms with E-state index in [2.05, 4.69) is 4.98 Å². The normalized spacial score (nSPS) is 19.1. The topological polar surface area (TPSA) is 38.1 Å². The van der Waals surface area contributed by atoms with E-state index in [1.807, 2.05) is 48.7 Å². The van der Waals surface area contributed by atoms with E-state index in [1.165, 1.54) is 0 Å². The Kier molecular flexibility index (Phi) is 4.05. The monoisotopic (exact) mass is 385 g/mol. The lowest BCUT2D eigenvalue weighted by Crippen LogP contribution is -2.41. The fourth-order valence-corrected chi connectivity index (χ4v) is 4.18. The number of aryl methyl sites for hydroxylation is 1. The van der Waals surface area contributed by atoms with Gasteiger partial charge in [-0.1, -0.05) is 53.5 Å². The van der Waals surface area contributed by atoms with Crippen LogP contribution in [-0.2, 0) is 16.8 Å². The van der Waals surface area contributed by atoms with E-state index in [1.54, 1.807) is 29.3 Å². The van der Waals surface area contributed by atoms with Gasteiger partial charge in [0.2, 0.25) is 5.95 Å². The molecule has 1 aromatic heterocycles. The summed E-state index contributed by atoms with van der Waals surface area (Å²) in [5, 5.41) is 0.957. The molecule has 132 valence electrons. The maximum absolute atomic E-state index is 13.5. The molecule has 1 aliphatic rings. The van der Waals surface area contributed by atoms with Crippen molar-refractivity contribution in [3.05, 3.63) is 76.0 Å². The molecule has 1 unspecified atom stereocenters. The van der Waals surface area contributed by atoms with E-state index in [0.717, 1.165) is 11.3 Å². The Labute approximate surface area is 162 Å². The first-order valence-corrected chi connectivity index (χ1v) is 9.05. The van der Waals surface area contributed by atoms with Gasteiger partial charge in [-0.05, 0) is 37.6 Å². The summed E-state index contributed by atoms with van der Waals surface area (Å²) in [5.41, 5.74) is 1.87. The fourth-order valence-electron chi connectivity index (χ4n) is 3.67. The lowest BCUT2D eigenvalue weighted by molar-refractivity contribution is -0.123. The molecule has 1 aliphatic heterocycles. The van der Waals surface area contributed by atoms with E-state index in [-0.39, 0.29) is 5.91 Å². The summed E-state index contributed by atoms with van der Waals surface area (Å²) in [6, 6.07) is 15.1. The van der Waals surface area contributed by atoms with Crippen LogP contribution >= 0.6 is 23.2 Å². The average molecular weight is 386 g/mol. The van der Waals surface area contributed by atoms with Crippen LogP contribution < -0.4 is 4.90 Å². The molecule has 2 heterocycles. The predicted molar refractivity (Wildman–Crippen MR) is 104 cm³/mol. The van der Waals surface area contributed by atoms with Gasteiger partial charge in [0.25, 0.3) is 5.91 Å². The van der Waals surface area contributed by atoms with Gasteiger partial charge >= 0.3 is 0 Å². The van der Waals surface area contributed by atoms with Crippen LogP contribution in [0.15, 0.2) is 54.7 Å². The Hall–Kier alpha value is -2.30. The van der Waals surface area contributed by atoms with Gasteiger partial charge in [0.15, 0.2) is 0 Å². The van der Waals surface area contributed by atoms with Crippen molar-refractivity contribution in [1.82, 2.24) is 9.55 Å². The van der Waals surface area contributed by atoms with Gasteiger partial charge in [0.1, 0.15) is 5.54 Å². The zero-order chi connectivity index (χ0) is 18.5. The molecule has 6 heteroatoms. The Morgan fingerprint density at radius 3 is 2.38 bits per heavy atom. The minimum atomic E-state index is -0.772. The molecule has 26 heavy (non-hydrogen) atoms.